The molecule has 0 bridgehead atoms. The number of carboxylic acids is 1. The molecular formula is C28H22N2O2S3. The minimum Gasteiger partial charge on any atom is -0.477 e. The number of aryl methyl sites for hydroxylation is 2. The molecule has 0 saturated carbocycles. The molecule has 1 N–H and O–H groups in total. The molecule has 0 aliphatic carbocycles. The van der Waals surface area contributed by atoms with Gasteiger partial charge in [0.05, 0.1) is 0 Å². The van der Waals surface area contributed by atoms with Gasteiger partial charge in [-0.25, -0.2) is 4.79 Å². The fourth-order valence-corrected chi connectivity index (χ4v) is 8.15. The first-order valence-corrected chi connectivity index (χ1v) is 14.1. The summed E-state index contributed by atoms with van der Waals surface area (Å²) >= 11 is 5.09. The number of aliphatic carboxylic acids is 1. The van der Waals surface area contributed by atoms with Crippen molar-refractivity contribution in [2.45, 2.75) is 25.7 Å². The first-order valence-electron chi connectivity index (χ1n) is 11.7. The monoisotopic (exact) mass is 514 g/mol. The van der Waals surface area contributed by atoms with Crippen molar-refractivity contribution in [3.63, 3.8) is 0 Å². The Morgan fingerprint density at radius 2 is 1.40 bits per heavy atom. The van der Waals surface area contributed by atoms with Crippen LogP contribution in [-0.2, 0) is 17.6 Å². The van der Waals surface area contributed by atoms with Gasteiger partial charge in [0.15, 0.2) is 0 Å². The lowest BCUT2D eigenvalue weighted by Gasteiger charge is -2.37. The molecule has 4 nitrogen and oxygen atoms in total. The van der Waals surface area contributed by atoms with Gasteiger partial charge >= 0.3 is 5.97 Å². The second-order valence-electron chi connectivity index (χ2n) is 8.84. The summed E-state index contributed by atoms with van der Waals surface area (Å²) in [5, 5.41) is 18.1. The second kappa shape index (κ2) is 9.12. The van der Waals surface area contributed by atoms with Crippen molar-refractivity contribution in [2.75, 3.05) is 18.0 Å². The molecule has 0 spiro atoms. The molecule has 0 unspecified atom stereocenters. The Kier molecular flexibility index (Phi) is 5.81. The van der Waals surface area contributed by atoms with E-state index < -0.39 is 5.97 Å². The number of benzene rings is 1. The summed E-state index contributed by atoms with van der Waals surface area (Å²) in [4.78, 5) is 20.5. The van der Waals surface area contributed by atoms with Gasteiger partial charge < -0.3 is 10.0 Å². The molecule has 7 heteroatoms. The number of thiophene rings is 3. The van der Waals surface area contributed by atoms with E-state index in [4.69, 9.17) is 10.4 Å². The summed E-state index contributed by atoms with van der Waals surface area (Å²) in [6.45, 7) is 2.40. The predicted octanol–water partition coefficient (Wildman–Crippen LogP) is 7.56. The molecular weight excluding hydrogens is 493 g/mol. The maximum absolute atomic E-state index is 11.1. The van der Waals surface area contributed by atoms with Gasteiger partial charge in [-0.1, -0.05) is 0 Å². The lowest BCUT2D eigenvalue weighted by atomic mass is 9.90. The molecule has 2 aliphatic rings. The fourth-order valence-electron chi connectivity index (χ4n) is 5.02. The molecule has 0 amide bonds. The molecule has 0 atom stereocenters. The van der Waals surface area contributed by atoms with Crippen LogP contribution in [0.4, 0.5) is 5.69 Å². The molecule has 0 radical (unpaired) electrons. The van der Waals surface area contributed by atoms with Crippen LogP contribution in [0.3, 0.4) is 0 Å². The van der Waals surface area contributed by atoms with Gasteiger partial charge in [-0.2, -0.15) is 5.26 Å². The Hall–Kier alpha value is -3.18. The Morgan fingerprint density at radius 3 is 2.00 bits per heavy atom. The van der Waals surface area contributed by atoms with E-state index in [1.807, 2.05) is 23.5 Å². The predicted molar refractivity (Wildman–Crippen MR) is 146 cm³/mol. The van der Waals surface area contributed by atoms with E-state index in [2.05, 4.69) is 41.3 Å². The van der Waals surface area contributed by atoms with Gasteiger partial charge in [-0.15, -0.1) is 34.0 Å². The molecule has 5 heterocycles. The van der Waals surface area contributed by atoms with E-state index in [1.54, 1.807) is 17.4 Å². The van der Waals surface area contributed by atoms with Gasteiger partial charge in [-0.3, -0.25) is 0 Å². The Morgan fingerprint density at radius 1 is 0.857 bits per heavy atom. The number of carbonyl (C=O) groups is 1. The smallest absolute Gasteiger partial charge is 0.346 e. The maximum Gasteiger partial charge on any atom is 0.346 e. The number of rotatable bonds is 5. The van der Waals surface area contributed by atoms with Crippen LogP contribution in [0.25, 0.3) is 36.0 Å². The summed E-state index contributed by atoms with van der Waals surface area (Å²) in [6, 6.07) is 19.2. The van der Waals surface area contributed by atoms with Crippen LogP contribution < -0.4 is 4.90 Å². The number of hydrogen-bond acceptors (Lipinski definition) is 6. The van der Waals surface area contributed by atoms with E-state index in [0.29, 0.717) is 0 Å². The summed E-state index contributed by atoms with van der Waals surface area (Å²) in [5.74, 6) is -1.20. The van der Waals surface area contributed by atoms with E-state index in [1.165, 1.54) is 93.2 Å². The number of carboxylic acid groups (broad SMARTS) is 1. The third-order valence-electron chi connectivity index (χ3n) is 6.58. The SMILES string of the molecule is N#C/C(=C\c1ccc(-c2ccc(-c3ccc(-c4cc5c6c(c4)CCCN6CCC5)s3)s2)s1)C(=O)O. The summed E-state index contributed by atoms with van der Waals surface area (Å²) in [7, 11) is 0. The summed E-state index contributed by atoms with van der Waals surface area (Å²) in [6.07, 6.45) is 6.29. The normalized spacial score (nSPS) is 15.1. The van der Waals surface area contributed by atoms with E-state index in [0.717, 1.165) is 14.6 Å². The van der Waals surface area contributed by atoms with Crippen LogP contribution in [0.2, 0.25) is 0 Å². The molecule has 174 valence electrons. The van der Waals surface area contributed by atoms with Crippen LogP contribution in [0, 0.1) is 11.3 Å². The third kappa shape index (κ3) is 4.23. The Balaban J connectivity index is 1.27. The number of anilines is 1. The van der Waals surface area contributed by atoms with E-state index in [-0.39, 0.29) is 5.57 Å². The zero-order valence-electron chi connectivity index (χ0n) is 18.9. The molecule has 0 fully saturated rings. The third-order valence-corrected chi connectivity index (χ3v) is 10.2. The molecule has 1 aromatic carbocycles. The number of nitrogens with zero attached hydrogens (tertiary/aromatic N) is 2. The van der Waals surface area contributed by atoms with Crippen molar-refractivity contribution in [2.24, 2.45) is 0 Å². The van der Waals surface area contributed by atoms with Crippen molar-refractivity contribution in [3.05, 3.63) is 70.1 Å². The first-order chi connectivity index (χ1) is 17.1. The highest BCUT2D eigenvalue weighted by atomic mass is 32.1. The van der Waals surface area contributed by atoms with Crippen LogP contribution in [0.5, 0.6) is 0 Å². The van der Waals surface area contributed by atoms with Crippen LogP contribution in [0.1, 0.15) is 28.8 Å². The van der Waals surface area contributed by atoms with Crippen molar-refractivity contribution >= 4 is 51.7 Å². The van der Waals surface area contributed by atoms with E-state index in [9.17, 15) is 4.79 Å². The van der Waals surface area contributed by atoms with E-state index >= 15 is 0 Å². The lowest BCUT2D eigenvalue weighted by molar-refractivity contribution is -0.132. The number of nitriles is 1. The average Bonchev–Trinajstić information content (AvgIpc) is 3.63. The van der Waals surface area contributed by atoms with Crippen LogP contribution in [-0.4, -0.2) is 24.2 Å². The highest BCUT2D eigenvalue weighted by Crippen LogP contribution is 2.44. The molecule has 35 heavy (non-hydrogen) atoms. The second-order valence-corrected chi connectivity index (χ2v) is 12.1. The molecule has 4 aromatic rings. The maximum atomic E-state index is 11.1. The van der Waals surface area contributed by atoms with Gasteiger partial charge in [0, 0.05) is 48.0 Å². The highest BCUT2D eigenvalue weighted by molar-refractivity contribution is 7.27. The highest BCUT2D eigenvalue weighted by Gasteiger charge is 2.24. The topological polar surface area (TPSA) is 64.3 Å². The Bertz CT molecular complexity index is 1480. The largest absolute Gasteiger partial charge is 0.477 e. The van der Waals surface area contributed by atoms with Crippen molar-refractivity contribution < 1.29 is 9.90 Å². The van der Waals surface area contributed by atoms with Crippen LogP contribution >= 0.6 is 34.0 Å². The standard InChI is InChI=1S/C28H22N2O2S3/c29-16-20(28(31)32)15-21-5-6-23(33-21)24-9-10-26(35-24)25-8-7-22(34-25)19-13-17-3-1-11-30-12-2-4-18(14-19)27(17)30/h5-10,13-15H,1-4,11-12H2,(H,31,32)/b20-15+. The lowest BCUT2D eigenvalue weighted by Crippen LogP contribution is -2.34. The van der Waals surface area contributed by atoms with Crippen molar-refractivity contribution in [3.8, 4) is 36.0 Å². The minimum atomic E-state index is -1.20. The molecule has 6 rings (SSSR count). The average molecular weight is 515 g/mol. The van der Waals surface area contributed by atoms with Crippen molar-refractivity contribution in [1.29, 1.82) is 5.26 Å². The molecule has 0 saturated heterocycles. The Labute approximate surface area is 216 Å². The summed E-state index contributed by atoms with van der Waals surface area (Å²) in [5.41, 5.74) is 5.64. The van der Waals surface area contributed by atoms with Crippen LogP contribution in [0.15, 0.2) is 54.1 Å². The number of hydrogen-bond donors (Lipinski definition) is 1. The summed E-state index contributed by atoms with van der Waals surface area (Å²) < 4.78 is 0. The molecule has 2 aliphatic heterocycles. The quantitative estimate of drug-likeness (QED) is 0.220. The van der Waals surface area contributed by atoms with Gasteiger partial charge in [0.25, 0.3) is 0 Å². The van der Waals surface area contributed by atoms with Gasteiger partial charge in [0.2, 0.25) is 0 Å². The van der Waals surface area contributed by atoms with Gasteiger partial charge in [0.1, 0.15) is 11.6 Å². The first kappa shape index (κ1) is 22.3. The molecule has 3 aromatic heterocycles. The zero-order valence-corrected chi connectivity index (χ0v) is 21.4. The fraction of sp³-hybridized carbons (Fsp3) is 0.214. The van der Waals surface area contributed by atoms with Crippen molar-refractivity contribution in [1.82, 2.24) is 0 Å². The van der Waals surface area contributed by atoms with Gasteiger partial charge in [-0.05, 0) is 97.0 Å². The minimum absolute atomic E-state index is 0.250. The zero-order chi connectivity index (χ0) is 23.9.